The van der Waals surface area contributed by atoms with Gasteiger partial charge < -0.3 is 101 Å². The van der Waals surface area contributed by atoms with Crippen LogP contribution in [0.25, 0.3) is 10.9 Å². The highest BCUT2D eigenvalue weighted by Crippen LogP contribution is 2.28. The van der Waals surface area contributed by atoms with Crippen molar-refractivity contribution in [2.75, 3.05) is 37.7 Å². The first-order chi connectivity index (χ1) is 50.3. The SMILES string of the molecule is CC(C)[C@@H]1NC(=O)[C@@H](NC(=O)[C@H](Cc2ccc(O)cc2)NC(=O)[C@@H]2CCCN2C(=O)CCN)CSSC[C@@H](C(N)=O)NC(=O)[C@H](CCC(=O)O)NC(=O)[C@H](Cc2c[nH]c3ccc(F)cc23)NC(=O)[C@H](CCC(=O)O)NC(=O)CCNC(=O)[C@H](CCCN=C(N)N)NC(=O)[C@H](Cc2cccc(Cl)c2Cl)NC1=O. The zero-order valence-electron chi connectivity index (χ0n) is 57.8. The summed E-state index contributed by atoms with van der Waals surface area (Å²) in [6.07, 6.45) is -2.68. The minimum absolute atomic E-state index is 0.00523. The Hall–Kier alpha value is -9.98. The number of nitrogens with zero attached hydrogens (tertiary/aromatic N) is 2. The molecule has 0 radical (unpaired) electrons. The van der Waals surface area contributed by atoms with Gasteiger partial charge in [0.2, 0.25) is 70.9 Å². The van der Waals surface area contributed by atoms with Crippen molar-refractivity contribution in [3.8, 4) is 5.75 Å². The van der Waals surface area contributed by atoms with Crippen molar-refractivity contribution in [1.82, 2.24) is 63.1 Å². The molecule has 1 aromatic heterocycles. The van der Waals surface area contributed by atoms with Gasteiger partial charge in [0.1, 0.15) is 72.0 Å². The van der Waals surface area contributed by atoms with Gasteiger partial charge in [-0.15, -0.1) is 0 Å². The van der Waals surface area contributed by atoms with Crippen molar-refractivity contribution in [1.29, 1.82) is 0 Å². The van der Waals surface area contributed by atoms with Crippen molar-refractivity contribution in [3.63, 3.8) is 0 Å². The molecular weight excluding hydrogens is 1470 g/mol. The lowest BCUT2D eigenvalue weighted by atomic mass is 10.00. The number of nitrogens with one attached hydrogen (secondary N) is 11. The number of aromatic nitrogens is 1. The Kier molecular flexibility index (Phi) is 33.4. The molecule has 2 aliphatic rings. The number of likely N-dealkylation sites (tertiary alicyclic amines) is 1. The lowest BCUT2D eigenvalue weighted by molar-refractivity contribution is -0.139. The number of nitrogens with two attached hydrogens (primary N) is 4. The second-order valence-electron chi connectivity index (χ2n) is 25.4. The predicted molar refractivity (Wildman–Crippen MR) is 390 cm³/mol. The largest absolute Gasteiger partial charge is 0.508 e. The smallest absolute Gasteiger partial charge is 0.303 e. The average molecular weight is 1560 g/mol. The topological polar surface area (TPSA) is 555 Å². The Morgan fingerprint density at radius 2 is 1.31 bits per heavy atom. The lowest BCUT2D eigenvalue weighted by Crippen LogP contribution is -2.61. The number of aromatic amines is 1. The number of aliphatic imine (C=N–C) groups is 1. The number of hydrogen-bond donors (Lipinski definition) is 18. The molecule has 3 heterocycles. The van der Waals surface area contributed by atoms with Gasteiger partial charge in [0.15, 0.2) is 5.96 Å². The van der Waals surface area contributed by atoms with Crippen LogP contribution in [0.5, 0.6) is 5.75 Å². The summed E-state index contributed by atoms with van der Waals surface area (Å²) in [5.74, 6) is -17.4. The Morgan fingerprint density at radius 1 is 0.708 bits per heavy atom. The summed E-state index contributed by atoms with van der Waals surface area (Å²) in [5, 5.41) is 55.5. The molecule has 576 valence electrons. The third-order valence-electron chi connectivity index (χ3n) is 17.0. The number of phenolic OH excluding ortho intramolecular Hbond substituents is 1. The van der Waals surface area contributed by atoms with E-state index in [1.165, 1.54) is 73.5 Å². The molecule has 6 rings (SSSR count). The third kappa shape index (κ3) is 26.6. The number of amides is 12. The highest BCUT2D eigenvalue weighted by Gasteiger charge is 2.39. The van der Waals surface area contributed by atoms with Crippen LogP contribution in [0.2, 0.25) is 10.0 Å². The van der Waals surface area contributed by atoms with E-state index in [1.54, 1.807) is 0 Å². The van der Waals surface area contributed by atoms with Gasteiger partial charge in [-0.05, 0) is 97.5 Å². The first-order valence-electron chi connectivity index (χ1n) is 33.8. The highest BCUT2D eigenvalue weighted by molar-refractivity contribution is 8.76. The lowest BCUT2D eigenvalue weighted by Gasteiger charge is -2.29. The van der Waals surface area contributed by atoms with Crippen molar-refractivity contribution < 1.29 is 86.8 Å². The third-order valence-corrected chi connectivity index (χ3v) is 20.3. The van der Waals surface area contributed by atoms with E-state index in [2.05, 4.69) is 63.1 Å². The molecule has 2 aliphatic heterocycles. The van der Waals surface area contributed by atoms with Crippen LogP contribution in [0.4, 0.5) is 4.39 Å². The summed E-state index contributed by atoms with van der Waals surface area (Å²) >= 11 is 13.1. The summed E-state index contributed by atoms with van der Waals surface area (Å²) in [4.78, 5) is 204. The summed E-state index contributed by atoms with van der Waals surface area (Å²) < 4.78 is 14.8. The normalized spacial score (nSPS) is 22.0. The maximum Gasteiger partial charge on any atom is 0.303 e. The van der Waals surface area contributed by atoms with Gasteiger partial charge >= 0.3 is 11.9 Å². The summed E-state index contributed by atoms with van der Waals surface area (Å²) in [7, 11) is 1.62. The van der Waals surface area contributed by atoms with E-state index in [0.717, 1.165) is 33.7 Å². The minimum Gasteiger partial charge on any atom is -0.508 e. The number of carboxylic acids is 2. The molecule has 0 bridgehead atoms. The fraction of sp³-hybridized carbons (Fsp3) is 0.478. The molecular formula is C67H88Cl2FN17O17S2. The molecule has 0 spiro atoms. The zero-order valence-corrected chi connectivity index (χ0v) is 61.0. The highest BCUT2D eigenvalue weighted by atomic mass is 35.5. The number of primary amides is 1. The van der Waals surface area contributed by atoms with Gasteiger partial charge in [0, 0.05) is 99.7 Å². The Balaban J connectivity index is 1.43. The number of benzene rings is 3. The molecule has 10 atom stereocenters. The number of fused-ring (bicyclic) bond motifs is 1. The number of phenols is 1. The van der Waals surface area contributed by atoms with Crippen LogP contribution in [0.3, 0.4) is 0 Å². The fourth-order valence-electron chi connectivity index (χ4n) is 11.4. The van der Waals surface area contributed by atoms with Crippen LogP contribution < -0.4 is 76.1 Å². The monoisotopic (exact) mass is 1560 g/mol. The second-order valence-corrected chi connectivity index (χ2v) is 28.7. The number of carbonyl (C=O) groups excluding carboxylic acids is 12. The molecule has 0 aliphatic carbocycles. The molecule has 106 heavy (non-hydrogen) atoms. The number of rotatable bonds is 24. The first-order valence-corrected chi connectivity index (χ1v) is 37.1. The number of aliphatic carboxylic acids is 2. The van der Waals surface area contributed by atoms with Crippen molar-refractivity contribution in [2.24, 2.45) is 33.8 Å². The zero-order chi connectivity index (χ0) is 77.9. The van der Waals surface area contributed by atoms with Crippen molar-refractivity contribution in [3.05, 3.63) is 99.4 Å². The number of carbonyl (C=O) groups is 14. The molecule has 2 saturated heterocycles. The van der Waals surface area contributed by atoms with Crippen LogP contribution in [-0.4, -0.2) is 212 Å². The summed E-state index contributed by atoms with van der Waals surface area (Å²) in [5.41, 5.74) is 23.9. The van der Waals surface area contributed by atoms with Gasteiger partial charge in [-0.2, -0.15) is 0 Å². The van der Waals surface area contributed by atoms with Gasteiger partial charge in [0.25, 0.3) is 0 Å². The van der Waals surface area contributed by atoms with E-state index in [4.69, 9.17) is 46.1 Å². The average Bonchev–Trinajstić information content (AvgIpc) is 1.62. The molecule has 4 aromatic rings. The number of hydrogen-bond acceptors (Lipinski definition) is 19. The summed E-state index contributed by atoms with van der Waals surface area (Å²) in [6, 6.07) is -2.19. The van der Waals surface area contributed by atoms with E-state index >= 15 is 4.79 Å². The van der Waals surface area contributed by atoms with E-state index in [9.17, 15) is 82.0 Å². The van der Waals surface area contributed by atoms with Crippen LogP contribution in [0.15, 0.2) is 71.9 Å². The molecule has 0 saturated carbocycles. The standard InChI is InChI=1S/C67H88Cl2FN17O17S2/c1-33(2)56-66(104)83-46(27-35-6-3-7-40(68)55(35)69)62(100)79-42(8-4-23-76-67(73)74)58(96)75-24-21-51(89)78-43(16-18-53(91)92)59(97)81-47(28-36-30-77-41-15-12-37(70)29-39(36)41)63(101)80-44(17-19-54(93)94)60(98)84-48(57(72)95)31-105-106-32-49(64(102)86-56)85-61(99)45(26-34-10-13-38(88)14-11-34)82-65(103)50-9-5-25-87(50)52(90)20-22-71/h3,6-7,10-15,29-30,33,42-50,56,77,88H,4-5,8-9,16-28,31-32,71H2,1-2H3,(H2,72,95)(H,75,96)(H,78,89)(H,79,100)(H,80,101)(H,81,97)(H,82,103)(H,83,104)(H,84,98)(H,85,99)(H,86,102)(H,91,92)(H,93,94)(H4,73,74,76)/t42-,43-,44-,45-,46-,47-,48-,49-,50-,56-/m0/s1. The second kappa shape index (κ2) is 41.6. The van der Waals surface area contributed by atoms with E-state index in [0.29, 0.717) is 17.5 Å². The Labute approximate surface area is 625 Å². The maximum atomic E-state index is 15.1. The Bertz CT molecular complexity index is 3890. The van der Waals surface area contributed by atoms with Crippen LogP contribution >= 0.6 is 44.8 Å². The summed E-state index contributed by atoms with van der Waals surface area (Å²) in [6.45, 7) is 2.73. The van der Waals surface area contributed by atoms with Gasteiger partial charge in [-0.3, -0.25) is 72.1 Å². The number of halogens is 3. The van der Waals surface area contributed by atoms with Gasteiger partial charge in [-0.25, -0.2) is 4.39 Å². The van der Waals surface area contributed by atoms with Crippen LogP contribution in [0.1, 0.15) is 94.7 Å². The van der Waals surface area contributed by atoms with Crippen molar-refractivity contribution in [2.45, 2.75) is 158 Å². The number of H-pyrrole nitrogens is 1. The molecule has 34 nitrogen and oxygen atoms in total. The molecule has 0 unspecified atom stereocenters. The molecule has 12 amide bonds. The molecule has 3 aromatic carbocycles. The number of aromatic hydroxyl groups is 1. The molecule has 2 fully saturated rings. The van der Waals surface area contributed by atoms with Crippen molar-refractivity contribution >= 4 is 144 Å². The fourth-order valence-corrected chi connectivity index (χ4v) is 14.1. The minimum atomic E-state index is -1.83. The van der Waals surface area contributed by atoms with Crippen LogP contribution in [0, 0.1) is 11.7 Å². The number of guanidine groups is 1. The molecule has 39 heteroatoms. The van der Waals surface area contributed by atoms with E-state index in [1.807, 2.05) is 0 Å². The Morgan fingerprint density at radius 3 is 1.94 bits per heavy atom. The first kappa shape index (κ1) is 85.0. The maximum absolute atomic E-state index is 15.1. The van der Waals surface area contributed by atoms with Gasteiger partial charge in [0.05, 0.1) is 10.0 Å². The van der Waals surface area contributed by atoms with Crippen LogP contribution in [-0.2, 0) is 86.4 Å². The van der Waals surface area contributed by atoms with E-state index in [-0.39, 0.29) is 90.0 Å². The predicted octanol–water partition coefficient (Wildman–Crippen LogP) is -1.12. The molecule has 22 N–H and O–H groups in total. The quantitative estimate of drug-likeness (QED) is 0.0171. The van der Waals surface area contributed by atoms with Gasteiger partial charge in [-0.1, -0.05) is 82.9 Å². The number of carboxylic acid groups (broad SMARTS) is 2. The van der Waals surface area contributed by atoms with E-state index < -0.39 is 218 Å².